The van der Waals surface area contributed by atoms with Crippen LogP contribution in [0.3, 0.4) is 0 Å². The fraction of sp³-hybridized carbons (Fsp3) is 0.167. The highest BCUT2D eigenvalue weighted by Crippen LogP contribution is 2.17. The second kappa shape index (κ2) is 3.22. The summed E-state index contributed by atoms with van der Waals surface area (Å²) in [5, 5.41) is 2.18. The van der Waals surface area contributed by atoms with Crippen LogP contribution in [0.1, 0.15) is 23.1 Å². The predicted molar refractivity (Wildman–Crippen MR) is 56.5 cm³/mol. The van der Waals surface area contributed by atoms with Crippen LogP contribution in [0.15, 0.2) is 30.3 Å². The van der Waals surface area contributed by atoms with E-state index in [1.54, 1.807) is 0 Å². The molecule has 0 N–H and O–H groups in total. The van der Waals surface area contributed by atoms with Crippen molar-refractivity contribution in [2.75, 3.05) is 0 Å². The molecule has 0 aliphatic rings. The van der Waals surface area contributed by atoms with Crippen molar-refractivity contribution < 1.29 is 4.79 Å². The standard InChI is InChI=1S/C12H11NO/c1-8-11-6-4-3-5-10(11)7-12(13-8)9(2)14/h3-7H,1-2H3. The lowest BCUT2D eigenvalue weighted by Crippen LogP contribution is -1.98. The van der Waals surface area contributed by atoms with Crippen LogP contribution in [0, 0.1) is 6.92 Å². The van der Waals surface area contributed by atoms with E-state index in [1.807, 2.05) is 37.3 Å². The largest absolute Gasteiger partial charge is 0.293 e. The molecule has 14 heavy (non-hydrogen) atoms. The van der Waals surface area contributed by atoms with Crippen LogP contribution in [-0.4, -0.2) is 10.8 Å². The van der Waals surface area contributed by atoms with Gasteiger partial charge in [-0.3, -0.25) is 4.79 Å². The first-order valence-electron chi connectivity index (χ1n) is 4.56. The zero-order valence-corrected chi connectivity index (χ0v) is 8.24. The van der Waals surface area contributed by atoms with Crippen LogP contribution in [-0.2, 0) is 0 Å². The maximum Gasteiger partial charge on any atom is 0.178 e. The number of carbonyl (C=O) groups excluding carboxylic acids is 1. The summed E-state index contributed by atoms with van der Waals surface area (Å²) in [6.07, 6.45) is 0. The monoisotopic (exact) mass is 185 g/mol. The van der Waals surface area contributed by atoms with Crippen LogP contribution in [0.2, 0.25) is 0 Å². The number of aryl methyl sites for hydroxylation is 1. The third-order valence-electron chi connectivity index (χ3n) is 2.29. The zero-order valence-electron chi connectivity index (χ0n) is 8.24. The fourth-order valence-electron chi connectivity index (χ4n) is 1.55. The number of aromatic nitrogens is 1. The Morgan fingerprint density at radius 3 is 2.71 bits per heavy atom. The maximum absolute atomic E-state index is 11.2. The third kappa shape index (κ3) is 1.39. The minimum atomic E-state index is 0.0128. The SMILES string of the molecule is CC(=O)c1cc2ccccc2c(C)n1. The van der Waals surface area contributed by atoms with Gasteiger partial charge in [0, 0.05) is 18.0 Å². The Morgan fingerprint density at radius 1 is 1.29 bits per heavy atom. The van der Waals surface area contributed by atoms with E-state index in [0.29, 0.717) is 5.69 Å². The Kier molecular flexibility index (Phi) is 2.04. The van der Waals surface area contributed by atoms with Crippen LogP contribution in [0.4, 0.5) is 0 Å². The van der Waals surface area contributed by atoms with Crippen molar-refractivity contribution in [2.24, 2.45) is 0 Å². The van der Waals surface area contributed by atoms with Gasteiger partial charge in [0.2, 0.25) is 0 Å². The van der Waals surface area contributed by atoms with Crippen LogP contribution >= 0.6 is 0 Å². The number of carbonyl (C=O) groups is 1. The first-order chi connectivity index (χ1) is 6.68. The van der Waals surface area contributed by atoms with Gasteiger partial charge in [0.15, 0.2) is 5.78 Å². The molecular weight excluding hydrogens is 174 g/mol. The lowest BCUT2D eigenvalue weighted by molar-refractivity contribution is 0.101. The van der Waals surface area contributed by atoms with Gasteiger partial charge >= 0.3 is 0 Å². The molecule has 0 bridgehead atoms. The number of ketones is 1. The molecule has 2 rings (SSSR count). The van der Waals surface area contributed by atoms with Crippen LogP contribution < -0.4 is 0 Å². The van der Waals surface area contributed by atoms with E-state index in [2.05, 4.69) is 4.98 Å². The number of rotatable bonds is 1. The number of hydrogen-bond donors (Lipinski definition) is 0. The predicted octanol–water partition coefficient (Wildman–Crippen LogP) is 2.75. The summed E-state index contributed by atoms with van der Waals surface area (Å²) in [5.41, 5.74) is 1.45. The molecule has 70 valence electrons. The van der Waals surface area contributed by atoms with E-state index in [4.69, 9.17) is 0 Å². The number of Topliss-reactive ketones (excluding diaryl/α,β-unsaturated/α-hetero) is 1. The summed E-state index contributed by atoms with van der Waals surface area (Å²) in [5.74, 6) is 0.0128. The van der Waals surface area contributed by atoms with Crippen molar-refractivity contribution in [3.05, 3.63) is 41.7 Å². The Morgan fingerprint density at radius 2 is 2.00 bits per heavy atom. The van der Waals surface area contributed by atoms with E-state index >= 15 is 0 Å². The van der Waals surface area contributed by atoms with E-state index < -0.39 is 0 Å². The minimum absolute atomic E-state index is 0.0128. The fourth-order valence-corrected chi connectivity index (χ4v) is 1.55. The normalized spacial score (nSPS) is 10.4. The van der Waals surface area contributed by atoms with Gasteiger partial charge in [-0.2, -0.15) is 0 Å². The highest BCUT2D eigenvalue weighted by Gasteiger charge is 2.04. The molecule has 0 unspecified atom stereocenters. The van der Waals surface area contributed by atoms with E-state index in [0.717, 1.165) is 16.5 Å². The molecule has 0 aliphatic carbocycles. The summed E-state index contributed by atoms with van der Waals surface area (Å²) in [7, 11) is 0. The molecule has 0 saturated heterocycles. The Labute approximate surface area is 82.6 Å². The molecule has 0 spiro atoms. The van der Waals surface area contributed by atoms with Gasteiger partial charge in [0.25, 0.3) is 0 Å². The first kappa shape index (κ1) is 8.88. The summed E-state index contributed by atoms with van der Waals surface area (Å²) in [4.78, 5) is 15.4. The van der Waals surface area contributed by atoms with Gasteiger partial charge in [-0.25, -0.2) is 4.98 Å². The molecule has 2 heteroatoms. The molecule has 1 aromatic heterocycles. The van der Waals surface area contributed by atoms with Gasteiger partial charge in [-0.15, -0.1) is 0 Å². The second-order valence-corrected chi connectivity index (χ2v) is 3.37. The van der Waals surface area contributed by atoms with Crippen molar-refractivity contribution in [1.82, 2.24) is 4.98 Å². The summed E-state index contributed by atoms with van der Waals surface area (Å²) in [6, 6.07) is 9.79. The average Bonchev–Trinajstić information content (AvgIpc) is 2.17. The number of fused-ring (bicyclic) bond motifs is 1. The summed E-state index contributed by atoms with van der Waals surface area (Å²) >= 11 is 0. The van der Waals surface area contributed by atoms with Crippen molar-refractivity contribution >= 4 is 16.6 Å². The molecule has 1 aromatic carbocycles. The van der Waals surface area contributed by atoms with Crippen molar-refractivity contribution in [3.8, 4) is 0 Å². The second-order valence-electron chi connectivity index (χ2n) is 3.37. The average molecular weight is 185 g/mol. The van der Waals surface area contributed by atoms with Gasteiger partial charge in [0.1, 0.15) is 5.69 Å². The van der Waals surface area contributed by atoms with Crippen LogP contribution in [0.25, 0.3) is 10.8 Å². The molecule has 1 heterocycles. The Balaban J connectivity index is 2.78. The zero-order chi connectivity index (χ0) is 10.1. The molecule has 0 radical (unpaired) electrons. The highest BCUT2D eigenvalue weighted by molar-refractivity contribution is 5.97. The molecule has 0 amide bonds. The molecule has 0 atom stereocenters. The van der Waals surface area contributed by atoms with E-state index in [9.17, 15) is 4.79 Å². The summed E-state index contributed by atoms with van der Waals surface area (Å²) in [6.45, 7) is 3.46. The molecule has 2 nitrogen and oxygen atoms in total. The quantitative estimate of drug-likeness (QED) is 0.639. The van der Waals surface area contributed by atoms with E-state index in [-0.39, 0.29) is 5.78 Å². The number of pyridine rings is 1. The molecule has 0 aliphatic heterocycles. The number of nitrogens with zero attached hydrogens (tertiary/aromatic N) is 1. The third-order valence-corrected chi connectivity index (χ3v) is 2.29. The smallest absolute Gasteiger partial charge is 0.178 e. The Hall–Kier alpha value is -1.70. The topological polar surface area (TPSA) is 30.0 Å². The number of benzene rings is 1. The number of hydrogen-bond acceptors (Lipinski definition) is 2. The summed E-state index contributed by atoms with van der Waals surface area (Å²) < 4.78 is 0. The van der Waals surface area contributed by atoms with E-state index in [1.165, 1.54) is 6.92 Å². The van der Waals surface area contributed by atoms with Gasteiger partial charge < -0.3 is 0 Å². The van der Waals surface area contributed by atoms with Crippen molar-refractivity contribution in [3.63, 3.8) is 0 Å². The molecule has 0 saturated carbocycles. The maximum atomic E-state index is 11.2. The van der Waals surface area contributed by atoms with Crippen molar-refractivity contribution in [2.45, 2.75) is 13.8 Å². The lowest BCUT2D eigenvalue weighted by Gasteiger charge is -2.03. The first-order valence-corrected chi connectivity index (χ1v) is 4.56. The minimum Gasteiger partial charge on any atom is -0.293 e. The highest BCUT2D eigenvalue weighted by atomic mass is 16.1. The van der Waals surface area contributed by atoms with Gasteiger partial charge in [0.05, 0.1) is 0 Å². The Bertz CT molecular complexity index is 503. The lowest BCUT2D eigenvalue weighted by atomic mass is 10.1. The molecule has 0 fully saturated rings. The molecule has 2 aromatic rings. The van der Waals surface area contributed by atoms with Gasteiger partial charge in [-0.05, 0) is 18.4 Å². The molecular formula is C12H11NO. The van der Waals surface area contributed by atoms with Crippen molar-refractivity contribution in [1.29, 1.82) is 0 Å². The van der Waals surface area contributed by atoms with Crippen LogP contribution in [0.5, 0.6) is 0 Å². The van der Waals surface area contributed by atoms with Gasteiger partial charge in [-0.1, -0.05) is 24.3 Å².